The molecule has 11 heteroatoms. The zero-order chi connectivity index (χ0) is 22.1. The van der Waals surface area contributed by atoms with Gasteiger partial charge in [0.1, 0.15) is 0 Å². The molecule has 0 aliphatic carbocycles. The molecule has 0 radical (unpaired) electrons. The Morgan fingerprint density at radius 3 is 2.63 bits per heavy atom. The Morgan fingerprint density at radius 1 is 1.20 bits per heavy atom. The monoisotopic (exact) mass is 436 g/mol. The number of benzene rings is 1. The van der Waals surface area contributed by atoms with Gasteiger partial charge >= 0.3 is 6.03 Å². The number of thioether (sulfide) groups is 1. The SMILES string of the molecule is CCOc1ccc(C=C2SC(=O)N(CCNC(=O)CCNC(N)=O)C2=O)cc1OC. The van der Waals surface area contributed by atoms with Crippen LogP contribution in [0.2, 0.25) is 0 Å². The second kappa shape index (κ2) is 11.1. The Labute approximate surface area is 178 Å². The zero-order valence-corrected chi connectivity index (χ0v) is 17.5. The van der Waals surface area contributed by atoms with Crippen LogP contribution in [0.3, 0.4) is 0 Å². The number of rotatable bonds is 10. The lowest BCUT2D eigenvalue weighted by Crippen LogP contribution is -2.38. The first-order valence-electron chi connectivity index (χ1n) is 9.22. The van der Waals surface area contributed by atoms with Gasteiger partial charge in [0.2, 0.25) is 5.91 Å². The topological polar surface area (TPSA) is 140 Å². The number of hydrogen-bond acceptors (Lipinski definition) is 7. The average Bonchev–Trinajstić information content (AvgIpc) is 2.96. The van der Waals surface area contributed by atoms with E-state index in [1.54, 1.807) is 24.3 Å². The first-order chi connectivity index (χ1) is 14.3. The Hall–Kier alpha value is -3.21. The molecule has 4 N–H and O–H groups in total. The molecule has 0 saturated carbocycles. The maximum Gasteiger partial charge on any atom is 0.312 e. The molecule has 30 heavy (non-hydrogen) atoms. The molecule has 162 valence electrons. The lowest BCUT2D eigenvalue weighted by Gasteiger charge is -2.13. The van der Waals surface area contributed by atoms with Crippen molar-refractivity contribution in [3.8, 4) is 11.5 Å². The Balaban J connectivity index is 1.94. The van der Waals surface area contributed by atoms with Crippen molar-refractivity contribution in [2.75, 3.05) is 33.4 Å². The molecular formula is C19H24N4O6S. The van der Waals surface area contributed by atoms with Gasteiger partial charge in [-0.1, -0.05) is 6.07 Å². The Kier molecular flexibility index (Phi) is 8.54. The number of nitrogens with two attached hydrogens (primary N) is 1. The van der Waals surface area contributed by atoms with Crippen LogP contribution in [0.15, 0.2) is 23.1 Å². The van der Waals surface area contributed by atoms with Crippen LogP contribution in [0.5, 0.6) is 11.5 Å². The van der Waals surface area contributed by atoms with E-state index in [1.165, 1.54) is 7.11 Å². The molecule has 5 amide bonds. The van der Waals surface area contributed by atoms with E-state index >= 15 is 0 Å². The van der Waals surface area contributed by atoms with Gasteiger partial charge in [0, 0.05) is 26.1 Å². The highest BCUT2D eigenvalue weighted by molar-refractivity contribution is 8.18. The van der Waals surface area contributed by atoms with Crippen molar-refractivity contribution in [3.05, 3.63) is 28.7 Å². The molecule has 1 fully saturated rings. The van der Waals surface area contributed by atoms with Crippen LogP contribution in [0.4, 0.5) is 9.59 Å². The highest BCUT2D eigenvalue weighted by Gasteiger charge is 2.34. The molecule has 0 aromatic heterocycles. The summed E-state index contributed by atoms with van der Waals surface area (Å²) in [5.41, 5.74) is 5.60. The van der Waals surface area contributed by atoms with Crippen LogP contribution < -0.4 is 25.8 Å². The minimum Gasteiger partial charge on any atom is -0.493 e. The summed E-state index contributed by atoms with van der Waals surface area (Å²) < 4.78 is 10.8. The summed E-state index contributed by atoms with van der Waals surface area (Å²) in [6, 6.07) is 4.51. The molecule has 0 bridgehead atoms. The number of hydrogen-bond donors (Lipinski definition) is 3. The number of methoxy groups -OCH3 is 1. The van der Waals surface area contributed by atoms with Gasteiger partial charge in [0.25, 0.3) is 11.1 Å². The number of nitrogens with one attached hydrogen (secondary N) is 2. The van der Waals surface area contributed by atoms with Crippen LogP contribution in [0, 0.1) is 0 Å². The third kappa shape index (κ3) is 6.41. The number of carbonyl (C=O) groups excluding carboxylic acids is 4. The summed E-state index contributed by atoms with van der Waals surface area (Å²) >= 11 is 0.833. The van der Waals surface area contributed by atoms with Gasteiger partial charge < -0.3 is 25.8 Å². The van der Waals surface area contributed by atoms with E-state index < -0.39 is 17.2 Å². The van der Waals surface area contributed by atoms with Gasteiger partial charge in [-0.15, -0.1) is 0 Å². The quantitative estimate of drug-likeness (QED) is 0.470. The van der Waals surface area contributed by atoms with E-state index in [1.807, 2.05) is 6.92 Å². The van der Waals surface area contributed by atoms with Crippen molar-refractivity contribution >= 4 is 40.9 Å². The number of primary amides is 1. The van der Waals surface area contributed by atoms with Gasteiger partial charge in [-0.2, -0.15) is 0 Å². The van der Waals surface area contributed by atoms with E-state index in [-0.39, 0.29) is 36.9 Å². The number of ether oxygens (including phenoxy) is 2. The minimum atomic E-state index is -0.711. The van der Waals surface area contributed by atoms with Gasteiger partial charge in [-0.3, -0.25) is 19.3 Å². The molecule has 0 atom stereocenters. The van der Waals surface area contributed by atoms with Crippen LogP contribution in [0.25, 0.3) is 6.08 Å². The Bertz CT molecular complexity index is 857. The summed E-state index contributed by atoms with van der Waals surface area (Å²) in [5.74, 6) is 0.362. The normalized spacial score (nSPS) is 14.7. The van der Waals surface area contributed by atoms with Crippen molar-refractivity contribution in [3.63, 3.8) is 0 Å². The molecular weight excluding hydrogens is 412 g/mol. The highest BCUT2D eigenvalue weighted by atomic mass is 32.2. The maximum atomic E-state index is 12.6. The predicted octanol–water partition coefficient (Wildman–Crippen LogP) is 1.30. The number of carbonyl (C=O) groups is 4. The molecule has 1 aromatic carbocycles. The van der Waals surface area contributed by atoms with Crippen LogP contribution >= 0.6 is 11.8 Å². The summed E-state index contributed by atoms with van der Waals surface area (Å²) in [5, 5.41) is 4.48. The van der Waals surface area contributed by atoms with Gasteiger partial charge in [0.05, 0.1) is 18.6 Å². The third-order valence-electron chi connectivity index (χ3n) is 3.97. The fourth-order valence-electron chi connectivity index (χ4n) is 2.59. The first kappa shape index (κ1) is 23.1. The minimum absolute atomic E-state index is 0.0452. The van der Waals surface area contributed by atoms with Crippen LogP contribution in [-0.4, -0.2) is 61.3 Å². The molecule has 1 aliphatic heterocycles. The molecule has 1 aromatic rings. The largest absolute Gasteiger partial charge is 0.493 e. The molecule has 1 saturated heterocycles. The summed E-state index contributed by atoms with van der Waals surface area (Å²) in [6.45, 7) is 2.62. The van der Waals surface area contributed by atoms with Crippen molar-refractivity contribution in [1.82, 2.24) is 15.5 Å². The predicted molar refractivity (Wildman–Crippen MR) is 112 cm³/mol. The fourth-order valence-corrected chi connectivity index (χ4v) is 3.45. The van der Waals surface area contributed by atoms with Crippen molar-refractivity contribution in [2.45, 2.75) is 13.3 Å². The van der Waals surface area contributed by atoms with E-state index in [2.05, 4.69) is 10.6 Å². The lowest BCUT2D eigenvalue weighted by molar-refractivity contribution is -0.124. The van der Waals surface area contributed by atoms with Gasteiger partial charge in [-0.25, -0.2) is 4.79 Å². The standard InChI is InChI=1S/C19H24N4O6S/c1-3-29-13-5-4-12(10-14(13)28-2)11-15-17(25)23(19(27)30-15)9-8-21-16(24)6-7-22-18(20)26/h4-5,10-11H,3,6-9H2,1-2H3,(H,21,24)(H3,20,22,26). The molecule has 0 unspecified atom stereocenters. The maximum absolute atomic E-state index is 12.6. The summed E-state index contributed by atoms with van der Waals surface area (Å²) in [6.07, 6.45) is 1.65. The second-order valence-electron chi connectivity index (χ2n) is 6.07. The molecule has 0 spiro atoms. The summed E-state index contributed by atoms with van der Waals surface area (Å²) in [4.78, 5) is 48.3. The smallest absolute Gasteiger partial charge is 0.312 e. The zero-order valence-electron chi connectivity index (χ0n) is 16.7. The van der Waals surface area contributed by atoms with Gasteiger partial charge in [0.15, 0.2) is 11.5 Å². The third-order valence-corrected chi connectivity index (χ3v) is 4.88. The summed E-state index contributed by atoms with van der Waals surface area (Å²) in [7, 11) is 1.52. The van der Waals surface area contributed by atoms with E-state index in [9.17, 15) is 19.2 Å². The number of amides is 5. The van der Waals surface area contributed by atoms with Gasteiger partial charge in [-0.05, 0) is 42.5 Å². The van der Waals surface area contributed by atoms with Crippen molar-refractivity contribution < 1.29 is 28.7 Å². The lowest BCUT2D eigenvalue weighted by atomic mass is 10.2. The van der Waals surface area contributed by atoms with E-state index in [4.69, 9.17) is 15.2 Å². The highest BCUT2D eigenvalue weighted by Crippen LogP contribution is 2.34. The average molecular weight is 436 g/mol. The number of nitrogens with zero attached hydrogens (tertiary/aromatic N) is 1. The number of urea groups is 1. The van der Waals surface area contributed by atoms with Crippen LogP contribution in [-0.2, 0) is 9.59 Å². The van der Waals surface area contributed by atoms with Crippen molar-refractivity contribution in [1.29, 1.82) is 0 Å². The molecule has 1 heterocycles. The van der Waals surface area contributed by atoms with E-state index in [0.29, 0.717) is 23.7 Å². The fraction of sp³-hybridized carbons (Fsp3) is 0.368. The first-order valence-corrected chi connectivity index (χ1v) is 10.0. The molecule has 1 aliphatic rings. The van der Waals surface area contributed by atoms with Crippen molar-refractivity contribution in [2.24, 2.45) is 5.73 Å². The van der Waals surface area contributed by atoms with Crippen LogP contribution in [0.1, 0.15) is 18.9 Å². The molecule has 10 nitrogen and oxygen atoms in total. The Morgan fingerprint density at radius 2 is 1.97 bits per heavy atom. The molecule has 2 rings (SSSR count). The van der Waals surface area contributed by atoms with E-state index in [0.717, 1.165) is 16.7 Å². The number of imide groups is 1. The second-order valence-corrected chi connectivity index (χ2v) is 7.06.